The summed E-state index contributed by atoms with van der Waals surface area (Å²) in [6, 6.07) is 20.4. The Morgan fingerprint density at radius 1 is 0.947 bits per heavy atom. The van der Waals surface area contributed by atoms with E-state index in [2.05, 4.69) is 46.7 Å². The number of H-pyrrole nitrogens is 1. The summed E-state index contributed by atoms with van der Waals surface area (Å²) in [7, 11) is 0. The fourth-order valence-corrected chi connectivity index (χ4v) is 1.94. The van der Waals surface area contributed by atoms with Crippen molar-refractivity contribution in [1.82, 2.24) is 10.2 Å². The number of hydrogen-bond donors (Lipinski definition) is 2. The fraction of sp³-hybridized carbons (Fsp3) is 0.0625. The molecule has 0 atom stereocenters. The molecule has 0 fully saturated rings. The first-order chi connectivity index (χ1) is 9.31. The molecule has 0 aliphatic rings. The summed E-state index contributed by atoms with van der Waals surface area (Å²) >= 11 is 0. The summed E-state index contributed by atoms with van der Waals surface area (Å²) in [5, 5.41) is 10.6. The Kier molecular flexibility index (Phi) is 3.02. The van der Waals surface area contributed by atoms with Crippen molar-refractivity contribution in [2.45, 2.75) is 6.92 Å². The van der Waals surface area contributed by atoms with E-state index in [0.717, 1.165) is 22.8 Å². The van der Waals surface area contributed by atoms with Crippen LogP contribution in [0.25, 0.3) is 11.3 Å². The summed E-state index contributed by atoms with van der Waals surface area (Å²) in [5.74, 6) is 0.822. The topological polar surface area (TPSA) is 40.7 Å². The van der Waals surface area contributed by atoms with E-state index in [4.69, 9.17) is 0 Å². The number of benzene rings is 2. The number of rotatable bonds is 3. The van der Waals surface area contributed by atoms with Gasteiger partial charge in [0.25, 0.3) is 0 Å². The molecule has 19 heavy (non-hydrogen) atoms. The number of aromatic nitrogens is 2. The summed E-state index contributed by atoms with van der Waals surface area (Å²) in [4.78, 5) is 0. The molecule has 0 radical (unpaired) electrons. The maximum atomic E-state index is 4.27. The van der Waals surface area contributed by atoms with E-state index in [1.165, 1.54) is 5.56 Å². The Labute approximate surface area is 112 Å². The van der Waals surface area contributed by atoms with Crippen molar-refractivity contribution in [3.05, 3.63) is 66.2 Å². The first-order valence-electron chi connectivity index (χ1n) is 6.26. The maximum Gasteiger partial charge on any atom is 0.152 e. The Hall–Kier alpha value is -2.55. The van der Waals surface area contributed by atoms with Gasteiger partial charge in [0, 0.05) is 11.8 Å². The zero-order valence-electron chi connectivity index (χ0n) is 10.7. The second kappa shape index (κ2) is 4.98. The van der Waals surface area contributed by atoms with Crippen LogP contribution in [0.1, 0.15) is 5.56 Å². The van der Waals surface area contributed by atoms with Crippen LogP contribution in [0.2, 0.25) is 0 Å². The number of nitrogens with one attached hydrogen (secondary N) is 2. The molecule has 0 amide bonds. The van der Waals surface area contributed by atoms with Crippen LogP contribution in [0.3, 0.4) is 0 Å². The second-order valence-electron chi connectivity index (χ2n) is 4.52. The predicted molar refractivity (Wildman–Crippen MR) is 78.5 cm³/mol. The number of nitrogens with zero attached hydrogens (tertiary/aromatic N) is 1. The molecule has 0 aliphatic carbocycles. The molecular weight excluding hydrogens is 234 g/mol. The molecule has 0 unspecified atom stereocenters. The van der Waals surface area contributed by atoms with Crippen molar-refractivity contribution in [3.63, 3.8) is 0 Å². The molecule has 1 heterocycles. The van der Waals surface area contributed by atoms with Crippen molar-refractivity contribution in [3.8, 4) is 11.3 Å². The minimum absolute atomic E-state index is 0.822. The minimum Gasteiger partial charge on any atom is -0.339 e. The average molecular weight is 249 g/mol. The van der Waals surface area contributed by atoms with Crippen molar-refractivity contribution in [2.24, 2.45) is 0 Å². The molecule has 1 aromatic heterocycles. The molecule has 3 rings (SSSR count). The standard InChI is InChI=1S/C16H15N3/c1-12-7-9-14(10-8-12)17-16-11-15(18-19-16)13-5-3-2-4-6-13/h2-11H,1H3,(H2,17,18,19). The fourth-order valence-electron chi connectivity index (χ4n) is 1.94. The second-order valence-corrected chi connectivity index (χ2v) is 4.52. The lowest BCUT2D eigenvalue weighted by molar-refractivity contribution is 1.10. The largest absolute Gasteiger partial charge is 0.339 e. The SMILES string of the molecule is Cc1ccc(Nc2cc(-c3ccccc3)[nH]n2)cc1. The number of aryl methyl sites for hydroxylation is 1. The highest BCUT2D eigenvalue weighted by Gasteiger charge is 2.03. The lowest BCUT2D eigenvalue weighted by Gasteiger charge is -2.02. The summed E-state index contributed by atoms with van der Waals surface area (Å²) in [6.07, 6.45) is 0. The minimum atomic E-state index is 0.822. The normalized spacial score (nSPS) is 10.4. The molecule has 2 aromatic carbocycles. The van der Waals surface area contributed by atoms with Gasteiger partial charge in [0.2, 0.25) is 0 Å². The Morgan fingerprint density at radius 3 is 2.42 bits per heavy atom. The van der Waals surface area contributed by atoms with Crippen molar-refractivity contribution in [1.29, 1.82) is 0 Å². The van der Waals surface area contributed by atoms with Crippen LogP contribution >= 0.6 is 0 Å². The van der Waals surface area contributed by atoms with E-state index in [1.807, 2.05) is 36.4 Å². The van der Waals surface area contributed by atoms with Gasteiger partial charge < -0.3 is 5.32 Å². The molecule has 0 saturated heterocycles. The number of aromatic amines is 1. The highest BCUT2D eigenvalue weighted by atomic mass is 15.2. The van der Waals surface area contributed by atoms with Gasteiger partial charge in [-0.2, -0.15) is 5.10 Å². The molecule has 3 nitrogen and oxygen atoms in total. The van der Waals surface area contributed by atoms with E-state index in [1.54, 1.807) is 0 Å². The molecule has 0 bridgehead atoms. The predicted octanol–water partition coefficient (Wildman–Crippen LogP) is 4.13. The van der Waals surface area contributed by atoms with Gasteiger partial charge in [-0.15, -0.1) is 0 Å². The quantitative estimate of drug-likeness (QED) is 0.732. The van der Waals surface area contributed by atoms with Gasteiger partial charge in [0.1, 0.15) is 0 Å². The Morgan fingerprint density at radius 2 is 1.68 bits per heavy atom. The molecule has 94 valence electrons. The zero-order chi connectivity index (χ0) is 13.1. The molecule has 2 N–H and O–H groups in total. The third kappa shape index (κ3) is 2.65. The smallest absolute Gasteiger partial charge is 0.152 e. The van der Waals surface area contributed by atoms with Crippen molar-refractivity contribution in [2.75, 3.05) is 5.32 Å². The number of hydrogen-bond acceptors (Lipinski definition) is 2. The van der Waals surface area contributed by atoms with Gasteiger partial charge in [-0.3, -0.25) is 5.10 Å². The van der Waals surface area contributed by atoms with Crippen LogP contribution in [-0.2, 0) is 0 Å². The van der Waals surface area contributed by atoms with Gasteiger partial charge in [-0.05, 0) is 24.6 Å². The van der Waals surface area contributed by atoms with E-state index in [-0.39, 0.29) is 0 Å². The van der Waals surface area contributed by atoms with Crippen LogP contribution in [0.5, 0.6) is 0 Å². The van der Waals surface area contributed by atoms with E-state index < -0.39 is 0 Å². The number of anilines is 2. The molecule has 0 aliphatic heterocycles. The van der Waals surface area contributed by atoms with Crippen LogP contribution in [0.4, 0.5) is 11.5 Å². The molecular formula is C16H15N3. The summed E-state index contributed by atoms with van der Waals surface area (Å²) in [6.45, 7) is 2.08. The van der Waals surface area contributed by atoms with Gasteiger partial charge in [0.05, 0.1) is 5.69 Å². The Bertz CT molecular complexity index is 654. The third-order valence-electron chi connectivity index (χ3n) is 2.99. The van der Waals surface area contributed by atoms with Gasteiger partial charge in [-0.1, -0.05) is 48.0 Å². The van der Waals surface area contributed by atoms with Crippen molar-refractivity contribution >= 4 is 11.5 Å². The van der Waals surface area contributed by atoms with E-state index in [0.29, 0.717) is 0 Å². The Balaban J connectivity index is 1.80. The molecule has 3 heteroatoms. The van der Waals surface area contributed by atoms with Crippen LogP contribution < -0.4 is 5.32 Å². The zero-order valence-corrected chi connectivity index (χ0v) is 10.7. The average Bonchev–Trinajstić information content (AvgIpc) is 2.91. The van der Waals surface area contributed by atoms with Gasteiger partial charge in [0.15, 0.2) is 5.82 Å². The maximum absolute atomic E-state index is 4.27. The van der Waals surface area contributed by atoms with E-state index >= 15 is 0 Å². The van der Waals surface area contributed by atoms with Crippen LogP contribution in [0, 0.1) is 6.92 Å². The molecule has 0 spiro atoms. The van der Waals surface area contributed by atoms with Crippen LogP contribution in [0.15, 0.2) is 60.7 Å². The first-order valence-corrected chi connectivity index (χ1v) is 6.26. The van der Waals surface area contributed by atoms with E-state index in [9.17, 15) is 0 Å². The lowest BCUT2D eigenvalue weighted by Crippen LogP contribution is -1.89. The summed E-state index contributed by atoms with van der Waals surface area (Å²) in [5.41, 5.74) is 4.43. The van der Waals surface area contributed by atoms with Crippen LogP contribution in [-0.4, -0.2) is 10.2 Å². The van der Waals surface area contributed by atoms with Gasteiger partial charge in [-0.25, -0.2) is 0 Å². The lowest BCUT2D eigenvalue weighted by atomic mass is 10.1. The monoisotopic (exact) mass is 249 g/mol. The highest BCUT2D eigenvalue weighted by molar-refractivity contribution is 5.65. The summed E-state index contributed by atoms with van der Waals surface area (Å²) < 4.78 is 0. The first kappa shape index (κ1) is 11.5. The molecule has 0 saturated carbocycles. The highest BCUT2D eigenvalue weighted by Crippen LogP contribution is 2.21. The van der Waals surface area contributed by atoms with Crippen molar-refractivity contribution < 1.29 is 0 Å². The third-order valence-corrected chi connectivity index (χ3v) is 2.99. The molecule has 3 aromatic rings. The van der Waals surface area contributed by atoms with Gasteiger partial charge >= 0.3 is 0 Å².